The molecule has 4 rings (SSSR count). The third-order valence-electron chi connectivity index (χ3n) is 4.13. The molecular formula is C17H12Cl2N2O3. The van der Waals surface area contributed by atoms with Gasteiger partial charge in [-0.05, 0) is 31.2 Å². The van der Waals surface area contributed by atoms with Crippen LogP contribution in [-0.4, -0.2) is 27.0 Å². The molecule has 7 heteroatoms. The summed E-state index contributed by atoms with van der Waals surface area (Å²) in [5.74, 6) is -0.964. The predicted octanol–water partition coefficient (Wildman–Crippen LogP) is 4.24. The number of halogens is 2. The van der Waals surface area contributed by atoms with E-state index in [9.17, 15) is 9.90 Å². The molecule has 2 aliphatic rings. The highest BCUT2D eigenvalue weighted by atomic mass is 35.5. The number of carboxylic acids is 1. The second-order valence-corrected chi connectivity index (χ2v) is 6.60. The van der Waals surface area contributed by atoms with Crippen molar-refractivity contribution in [3.63, 3.8) is 0 Å². The van der Waals surface area contributed by atoms with Gasteiger partial charge in [0.15, 0.2) is 5.75 Å². The van der Waals surface area contributed by atoms with Gasteiger partial charge in [-0.3, -0.25) is 0 Å². The van der Waals surface area contributed by atoms with Crippen LogP contribution in [0.4, 0.5) is 0 Å². The Bertz CT molecular complexity index is 930. The number of rotatable bonds is 2. The Hall–Kier alpha value is -2.24. The molecule has 1 aliphatic heterocycles. The first kappa shape index (κ1) is 15.3. The van der Waals surface area contributed by atoms with Gasteiger partial charge in [-0.25, -0.2) is 9.48 Å². The molecule has 2 heterocycles. The van der Waals surface area contributed by atoms with Crippen LogP contribution in [0.3, 0.4) is 0 Å². The number of hydrogen-bond donors (Lipinski definition) is 1. The SMILES string of the molecule is CC1=CC2Oc3c(C(=O)O)nn(-c4ccc(Cl)cc4Cl)c3C2C=C1. The van der Waals surface area contributed by atoms with E-state index in [1.54, 1.807) is 22.9 Å². The van der Waals surface area contributed by atoms with Crippen molar-refractivity contribution in [1.29, 1.82) is 0 Å². The van der Waals surface area contributed by atoms with E-state index in [2.05, 4.69) is 5.10 Å². The number of benzene rings is 1. The summed E-state index contributed by atoms with van der Waals surface area (Å²) in [6.45, 7) is 1.97. The lowest BCUT2D eigenvalue weighted by Gasteiger charge is -2.19. The van der Waals surface area contributed by atoms with Gasteiger partial charge in [0.25, 0.3) is 0 Å². The van der Waals surface area contributed by atoms with Gasteiger partial charge in [-0.2, -0.15) is 5.10 Å². The van der Waals surface area contributed by atoms with Crippen molar-refractivity contribution in [2.45, 2.75) is 18.9 Å². The molecule has 0 saturated heterocycles. The van der Waals surface area contributed by atoms with Crippen molar-refractivity contribution in [2.75, 3.05) is 0 Å². The number of aromatic nitrogens is 2. The minimum atomic E-state index is -1.14. The molecule has 1 aliphatic carbocycles. The molecule has 122 valence electrons. The lowest BCUT2D eigenvalue weighted by molar-refractivity contribution is 0.0684. The molecule has 1 aromatic heterocycles. The van der Waals surface area contributed by atoms with E-state index in [-0.39, 0.29) is 17.7 Å². The first-order chi connectivity index (χ1) is 11.5. The van der Waals surface area contributed by atoms with E-state index in [0.29, 0.717) is 27.2 Å². The van der Waals surface area contributed by atoms with E-state index >= 15 is 0 Å². The molecule has 24 heavy (non-hydrogen) atoms. The summed E-state index contributed by atoms with van der Waals surface area (Å²) in [4.78, 5) is 11.6. The van der Waals surface area contributed by atoms with Gasteiger partial charge in [0.2, 0.25) is 5.69 Å². The zero-order valence-corrected chi connectivity index (χ0v) is 14.0. The maximum Gasteiger partial charge on any atom is 0.360 e. The van der Waals surface area contributed by atoms with Crippen LogP contribution in [0.1, 0.15) is 29.0 Å². The van der Waals surface area contributed by atoms with Gasteiger partial charge in [-0.15, -0.1) is 0 Å². The molecule has 0 fully saturated rings. The van der Waals surface area contributed by atoms with Crippen LogP contribution < -0.4 is 4.74 Å². The fourth-order valence-electron chi connectivity index (χ4n) is 3.08. The first-order valence-corrected chi connectivity index (χ1v) is 8.06. The van der Waals surface area contributed by atoms with Crippen LogP contribution in [0.5, 0.6) is 5.75 Å². The summed E-state index contributed by atoms with van der Waals surface area (Å²) in [5.41, 5.74) is 2.20. The Morgan fingerprint density at radius 2 is 2.17 bits per heavy atom. The highest BCUT2D eigenvalue weighted by Crippen LogP contribution is 2.45. The third kappa shape index (κ3) is 2.24. The highest BCUT2D eigenvalue weighted by molar-refractivity contribution is 6.35. The third-order valence-corrected chi connectivity index (χ3v) is 4.67. The van der Waals surface area contributed by atoms with Gasteiger partial charge < -0.3 is 9.84 Å². The van der Waals surface area contributed by atoms with E-state index in [1.807, 2.05) is 25.2 Å². The van der Waals surface area contributed by atoms with Crippen LogP contribution in [0.2, 0.25) is 10.0 Å². The summed E-state index contributed by atoms with van der Waals surface area (Å²) >= 11 is 12.2. The van der Waals surface area contributed by atoms with Crippen LogP contribution >= 0.6 is 23.2 Å². The lowest BCUT2D eigenvalue weighted by atomic mass is 9.93. The second-order valence-electron chi connectivity index (χ2n) is 5.75. The smallest absolute Gasteiger partial charge is 0.360 e. The fraction of sp³-hybridized carbons (Fsp3) is 0.176. The largest absolute Gasteiger partial charge is 0.481 e. The highest BCUT2D eigenvalue weighted by Gasteiger charge is 2.41. The number of ether oxygens (including phenoxy) is 1. The predicted molar refractivity (Wildman–Crippen MR) is 90.6 cm³/mol. The Kier molecular flexibility index (Phi) is 3.44. The molecule has 1 aromatic carbocycles. The Morgan fingerprint density at radius 1 is 1.38 bits per heavy atom. The monoisotopic (exact) mass is 362 g/mol. The average Bonchev–Trinajstić information content (AvgIpc) is 3.03. The maximum atomic E-state index is 11.6. The maximum absolute atomic E-state index is 11.6. The van der Waals surface area contributed by atoms with Gasteiger partial charge >= 0.3 is 5.97 Å². The average molecular weight is 363 g/mol. The van der Waals surface area contributed by atoms with Crippen molar-refractivity contribution in [2.24, 2.45) is 0 Å². The Morgan fingerprint density at radius 3 is 2.88 bits per heavy atom. The number of aromatic carboxylic acids is 1. The Balaban J connectivity index is 1.93. The molecule has 0 radical (unpaired) electrons. The minimum absolute atomic E-state index is 0.115. The van der Waals surface area contributed by atoms with E-state index < -0.39 is 5.97 Å². The van der Waals surface area contributed by atoms with Gasteiger partial charge in [0.1, 0.15) is 6.10 Å². The topological polar surface area (TPSA) is 64.3 Å². The molecule has 5 nitrogen and oxygen atoms in total. The summed E-state index contributed by atoms with van der Waals surface area (Å²) in [6.07, 6.45) is 5.73. The number of carboxylic acid groups (broad SMARTS) is 1. The minimum Gasteiger partial charge on any atom is -0.481 e. The quantitative estimate of drug-likeness (QED) is 0.867. The number of carbonyl (C=O) groups is 1. The molecular weight excluding hydrogens is 351 g/mol. The van der Waals surface area contributed by atoms with Gasteiger partial charge in [0, 0.05) is 5.02 Å². The van der Waals surface area contributed by atoms with Crippen LogP contribution in [-0.2, 0) is 0 Å². The molecule has 0 bridgehead atoms. The van der Waals surface area contributed by atoms with E-state index in [1.165, 1.54) is 0 Å². The van der Waals surface area contributed by atoms with Crippen LogP contribution in [0.15, 0.2) is 42.0 Å². The van der Waals surface area contributed by atoms with E-state index in [4.69, 9.17) is 27.9 Å². The summed E-state index contributed by atoms with van der Waals surface area (Å²) in [7, 11) is 0. The normalized spacial score (nSPS) is 21.0. The van der Waals surface area contributed by atoms with Crippen molar-refractivity contribution in [3.8, 4) is 11.4 Å². The first-order valence-electron chi connectivity index (χ1n) is 7.30. The van der Waals surface area contributed by atoms with Crippen molar-refractivity contribution in [1.82, 2.24) is 9.78 Å². The molecule has 2 aromatic rings. The zero-order valence-electron chi connectivity index (χ0n) is 12.5. The van der Waals surface area contributed by atoms with Crippen molar-refractivity contribution in [3.05, 3.63) is 63.4 Å². The standard InChI is InChI=1S/C17H12Cl2N2O3/c1-8-2-4-10-13(6-8)24-16-14(17(22)23)20-21(15(10)16)12-5-3-9(18)7-11(12)19/h2-7,10,13H,1H3,(H,22,23). The summed E-state index contributed by atoms with van der Waals surface area (Å²) in [6, 6.07) is 5.00. The number of fused-ring (bicyclic) bond motifs is 3. The summed E-state index contributed by atoms with van der Waals surface area (Å²) < 4.78 is 7.42. The van der Waals surface area contributed by atoms with Gasteiger partial charge in [0.05, 0.1) is 22.3 Å². The summed E-state index contributed by atoms with van der Waals surface area (Å²) in [5, 5.41) is 14.6. The van der Waals surface area contributed by atoms with Gasteiger partial charge in [-0.1, -0.05) is 40.9 Å². The number of nitrogens with zero attached hydrogens (tertiary/aromatic N) is 2. The molecule has 0 spiro atoms. The second kappa shape index (κ2) is 5.40. The fourth-order valence-corrected chi connectivity index (χ4v) is 3.56. The lowest BCUT2D eigenvalue weighted by Crippen LogP contribution is -2.20. The molecule has 0 saturated carbocycles. The number of hydrogen-bond acceptors (Lipinski definition) is 3. The molecule has 0 amide bonds. The van der Waals surface area contributed by atoms with Crippen molar-refractivity contribution >= 4 is 29.2 Å². The molecule has 2 atom stereocenters. The van der Waals surface area contributed by atoms with Crippen molar-refractivity contribution < 1.29 is 14.6 Å². The molecule has 1 N–H and O–H groups in total. The Labute approximate surface area is 147 Å². The number of allylic oxidation sites excluding steroid dienone is 2. The van der Waals surface area contributed by atoms with Crippen LogP contribution in [0, 0.1) is 0 Å². The zero-order chi connectivity index (χ0) is 17.0. The van der Waals surface area contributed by atoms with E-state index in [0.717, 1.165) is 5.57 Å². The molecule has 2 unspecified atom stereocenters. The van der Waals surface area contributed by atoms with Crippen LogP contribution in [0.25, 0.3) is 5.69 Å².